The first kappa shape index (κ1) is 17.4. The highest BCUT2D eigenvalue weighted by Gasteiger charge is 2.21. The molecule has 1 saturated heterocycles. The highest BCUT2D eigenvalue weighted by atomic mass is 16.5. The van der Waals surface area contributed by atoms with Crippen LogP contribution in [0.4, 0.5) is 0 Å². The van der Waals surface area contributed by atoms with Crippen LogP contribution in [-0.2, 0) is 13.2 Å². The molecule has 0 aromatic heterocycles. The number of nitrogens with zero attached hydrogens (tertiary/aromatic N) is 1. The van der Waals surface area contributed by atoms with Gasteiger partial charge in [-0.15, -0.1) is 0 Å². The van der Waals surface area contributed by atoms with Crippen LogP contribution in [0.25, 0.3) is 0 Å². The average molecular weight is 337 g/mol. The zero-order valence-corrected chi connectivity index (χ0v) is 14.1. The lowest BCUT2D eigenvalue weighted by molar-refractivity contribution is 0.0993. The van der Waals surface area contributed by atoms with Crippen molar-refractivity contribution in [1.29, 1.82) is 5.26 Å². The summed E-state index contributed by atoms with van der Waals surface area (Å²) in [6.45, 7) is 2.02. The molecular formula is C20H23N3O2. The SMILES string of the molecule is N#Cc1ccc(COc2cccc(CNC(O)C3CCCN3)c2)cc1. The number of hydrogen-bond donors (Lipinski definition) is 3. The Kier molecular flexibility index (Phi) is 6.02. The topological polar surface area (TPSA) is 77.3 Å². The molecule has 5 nitrogen and oxygen atoms in total. The molecule has 130 valence electrons. The number of hydrogen-bond acceptors (Lipinski definition) is 5. The van der Waals surface area contributed by atoms with Crippen molar-refractivity contribution in [3.05, 3.63) is 65.2 Å². The second-order valence-electron chi connectivity index (χ2n) is 6.27. The summed E-state index contributed by atoms with van der Waals surface area (Å²) in [5.74, 6) is 0.789. The number of ether oxygens (including phenoxy) is 1. The Labute approximate surface area is 148 Å². The third kappa shape index (κ3) is 5.04. The van der Waals surface area contributed by atoms with E-state index in [9.17, 15) is 5.11 Å². The molecular weight excluding hydrogens is 314 g/mol. The molecule has 0 spiro atoms. The fraction of sp³-hybridized carbons (Fsp3) is 0.350. The van der Waals surface area contributed by atoms with Gasteiger partial charge in [-0.25, -0.2) is 0 Å². The molecule has 2 unspecified atom stereocenters. The molecule has 5 heteroatoms. The first-order valence-corrected chi connectivity index (χ1v) is 8.60. The molecule has 1 aliphatic heterocycles. The fourth-order valence-corrected chi connectivity index (χ4v) is 2.93. The second-order valence-corrected chi connectivity index (χ2v) is 6.27. The molecule has 25 heavy (non-hydrogen) atoms. The van der Waals surface area contributed by atoms with Crippen molar-refractivity contribution in [2.75, 3.05) is 6.54 Å². The third-order valence-electron chi connectivity index (χ3n) is 4.38. The molecule has 3 N–H and O–H groups in total. The van der Waals surface area contributed by atoms with Crippen LogP contribution in [0.2, 0.25) is 0 Å². The predicted octanol–water partition coefficient (Wildman–Crippen LogP) is 2.30. The lowest BCUT2D eigenvalue weighted by atomic mass is 10.1. The third-order valence-corrected chi connectivity index (χ3v) is 4.38. The van der Waals surface area contributed by atoms with Crippen molar-refractivity contribution < 1.29 is 9.84 Å². The van der Waals surface area contributed by atoms with Crippen LogP contribution in [0.3, 0.4) is 0 Å². The van der Waals surface area contributed by atoms with Gasteiger partial charge in [-0.3, -0.25) is 5.32 Å². The Morgan fingerprint density at radius 2 is 2.08 bits per heavy atom. The Morgan fingerprint density at radius 3 is 2.80 bits per heavy atom. The molecule has 0 radical (unpaired) electrons. The molecule has 2 aromatic rings. The predicted molar refractivity (Wildman–Crippen MR) is 95.8 cm³/mol. The van der Waals surface area contributed by atoms with Crippen molar-refractivity contribution in [1.82, 2.24) is 10.6 Å². The van der Waals surface area contributed by atoms with Crippen molar-refractivity contribution in [2.24, 2.45) is 0 Å². The van der Waals surface area contributed by atoms with E-state index in [1.807, 2.05) is 36.4 Å². The van der Waals surface area contributed by atoms with E-state index in [2.05, 4.69) is 16.7 Å². The summed E-state index contributed by atoms with van der Waals surface area (Å²) in [5, 5.41) is 25.4. The largest absolute Gasteiger partial charge is 0.489 e. The number of aliphatic hydroxyl groups excluding tert-OH is 1. The minimum Gasteiger partial charge on any atom is -0.489 e. The monoisotopic (exact) mass is 337 g/mol. The molecule has 1 fully saturated rings. The normalized spacial score (nSPS) is 17.8. The van der Waals surface area contributed by atoms with Crippen LogP contribution < -0.4 is 15.4 Å². The Morgan fingerprint density at radius 1 is 1.24 bits per heavy atom. The van der Waals surface area contributed by atoms with E-state index >= 15 is 0 Å². The number of nitriles is 1. The lowest BCUT2D eigenvalue weighted by Gasteiger charge is -2.19. The van der Waals surface area contributed by atoms with E-state index in [1.54, 1.807) is 12.1 Å². The quantitative estimate of drug-likeness (QED) is 0.676. The lowest BCUT2D eigenvalue weighted by Crippen LogP contribution is -2.44. The van der Waals surface area contributed by atoms with E-state index in [0.717, 1.165) is 36.3 Å². The fourth-order valence-electron chi connectivity index (χ4n) is 2.93. The molecule has 0 aliphatic carbocycles. The average Bonchev–Trinajstić information content (AvgIpc) is 3.20. The van der Waals surface area contributed by atoms with Crippen molar-refractivity contribution in [3.63, 3.8) is 0 Å². The molecule has 2 atom stereocenters. The second kappa shape index (κ2) is 8.63. The number of benzene rings is 2. The van der Waals surface area contributed by atoms with Gasteiger partial charge < -0.3 is 15.2 Å². The van der Waals surface area contributed by atoms with E-state index in [1.165, 1.54) is 0 Å². The summed E-state index contributed by atoms with van der Waals surface area (Å²) in [4.78, 5) is 0. The van der Waals surface area contributed by atoms with Crippen LogP contribution >= 0.6 is 0 Å². The van der Waals surface area contributed by atoms with Gasteiger partial charge in [0.25, 0.3) is 0 Å². The van der Waals surface area contributed by atoms with Gasteiger partial charge in [0.05, 0.1) is 11.6 Å². The summed E-state index contributed by atoms with van der Waals surface area (Å²) in [5.41, 5.74) is 2.73. The standard InChI is InChI=1S/C20H23N3O2/c21-12-15-6-8-16(9-7-15)14-25-18-4-1-3-17(11-18)13-23-20(24)19-5-2-10-22-19/h1,3-4,6-9,11,19-20,22-24H,2,5,10,13-14H2. The van der Waals surface area contributed by atoms with Gasteiger partial charge in [0.15, 0.2) is 0 Å². The highest BCUT2D eigenvalue weighted by molar-refractivity contribution is 5.32. The zero-order chi connectivity index (χ0) is 17.5. The molecule has 1 aliphatic rings. The van der Waals surface area contributed by atoms with Gasteiger partial charge >= 0.3 is 0 Å². The van der Waals surface area contributed by atoms with Gasteiger partial charge in [-0.2, -0.15) is 5.26 Å². The molecule has 0 saturated carbocycles. The van der Waals surface area contributed by atoms with Crippen LogP contribution in [0, 0.1) is 11.3 Å². The summed E-state index contributed by atoms with van der Waals surface area (Å²) < 4.78 is 5.83. The minimum atomic E-state index is -0.536. The molecule has 2 aromatic carbocycles. The Hall–Kier alpha value is -2.39. The molecule has 1 heterocycles. The van der Waals surface area contributed by atoms with Crippen molar-refractivity contribution >= 4 is 0 Å². The summed E-state index contributed by atoms with van der Waals surface area (Å²) >= 11 is 0. The van der Waals surface area contributed by atoms with Crippen LogP contribution in [0.1, 0.15) is 29.5 Å². The first-order valence-electron chi connectivity index (χ1n) is 8.60. The Bertz CT molecular complexity index is 718. The zero-order valence-electron chi connectivity index (χ0n) is 14.1. The molecule has 3 rings (SSSR count). The number of rotatable bonds is 7. The highest BCUT2D eigenvalue weighted by Crippen LogP contribution is 2.16. The van der Waals surface area contributed by atoms with Crippen LogP contribution in [-0.4, -0.2) is 23.9 Å². The maximum atomic E-state index is 10.1. The molecule has 0 bridgehead atoms. The van der Waals surface area contributed by atoms with Gasteiger partial charge in [-0.05, 0) is 54.8 Å². The van der Waals surface area contributed by atoms with Gasteiger partial charge in [-0.1, -0.05) is 24.3 Å². The van der Waals surface area contributed by atoms with Gasteiger partial charge in [0.1, 0.15) is 18.6 Å². The first-order chi connectivity index (χ1) is 12.2. The summed E-state index contributed by atoms with van der Waals surface area (Å²) in [7, 11) is 0. The number of nitrogens with one attached hydrogen (secondary N) is 2. The van der Waals surface area contributed by atoms with Gasteiger partial charge in [0, 0.05) is 12.6 Å². The minimum absolute atomic E-state index is 0.135. The van der Waals surface area contributed by atoms with Crippen LogP contribution in [0.15, 0.2) is 48.5 Å². The maximum Gasteiger partial charge on any atom is 0.120 e. The van der Waals surface area contributed by atoms with Gasteiger partial charge in [0.2, 0.25) is 0 Å². The number of aliphatic hydroxyl groups is 1. The maximum absolute atomic E-state index is 10.1. The summed E-state index contributed by atoms with van der Waals surface area (Å²) in [6.07, 6.45) is 1.58. The Balaban J connectivity index is 1.51. The van der Waals surface area contributed by atoms with Crippen molar-refractivity contribution in [2.45, 2.75) is 38.3 Å². The van der Waals surface area contributed by atoms with Crippen molar-refractivity contribution in [3.8, 4) is 11.8 Å². The van der Waals surface area contributed by atoms with E-state index in [-0.39, 0.29) is 6.04 Å². The molecule has 0 amide bonds. The smallest absolute Gasteiger partial charge is 0.120 e. The van der Waals surface area contributed by atoms with Crippen LogP contribution in [0.5, 0.6) is 5.75 Å². The van der Waals surface area contributed by atoms with E-state index < -0.39 is 6.23 Å². The summed E-state index contributed by atoms with van der Waals surface area (Å²) in [6, 6.07) is 17.5. The van der Waals surface area contributed by atoms with E-state index in [0.29, 0.717) is 18.7 Å². The van der Waals surface area contributed by atoms with E-state index in [4.69, 9.17) is 10.00 Å².